The zero-order valence-electron chi connectivity index (χ0n) is 11.5. The highest BCUT2D eigenvalue weighted by molar-refractivity contribution is 7.59. The van der Waals surface area contributed by atoms with E-state index in [1.54, 1.807) is 0 Å². The van der Waals surface area contributed by atoms with Crippen molar-refractivity contribution in [1.29, 1.82) is 0 Å². The molecule has 0 aliphatic rings. The van der Waals surface area contributed by atoms with Crippen molar-refractivity contribution in [3.8, 4) is 22.3 Å². The lowest BCUT2D eigenvalue weighted by atomic mass is 9.93. The molecule has 0 saturated heterocycles. The Balaban J connectivity index is 0.00000147. The highest BCUT2D eigenvalue weighted by Crippen LogP contribution is 2.32. The molecule has 0 nitrogen and oxygen atoms in total. The first-order valence-electron chi connectivity index (χ1n) is 6.56. The molecule has 100 valence electrons. The Morgan fingerprint density at radius 3 is 1.60 bits per heavy atom. The topological polar surface area (TPSA) is 0 Å². The van der Waals surface area contributed by atoms with Crippen LogP contribution in [-0.4, -0.2) is 0 Å². The SMILES string of the molecule is Cc1ccc(-c2ccccc2)c(-c2ccccc2)c1.S. The molecule has 0 fully saturated rings. The Hall–Kier alpha value is -1.99. The summed E-state index contributed by atoms with van der Waals surface area (Å²) in [5.74, 6) is 0. The van der Waals surface area contributed by atoms with E-state index >= 15 is 0 Å². The van der Waals surface area contributed by atoms with Crippen molar-refractivity contribution in [3.05, 3.63) is 84.4 Å². The second kappa shape index (κ2) is 6.44. The summed E-state index contributed by atoms with van der Waals surface area (Å²) in [5.41, 5.74) is 6.41. The summed E-state index contributed by atoms with van der Waals surface area (Å²) in [6.07, 6.45) is 0. The second-order valence-corrected chi connectivity index (χ2v) is 4.78. The minimum absolute atomic E-state index is 0. The van der Waals surface area contributed by atoms with Gasteiger partial charge in [0.1, 0.15) is 0 Å². The standard InChI is InChI=1S/C19H16.H2S/c1-15-12-13-18(16-8-4-2-5-9-16)19(14-15)17-10-6-3-7-11-17;/h2-14H,1H3;1H2. The first-order chi connectivity index (χ1) is 9.34. The molecule has 3 aromatic carbocycles. The molecule has 0 heterocycles. The first kappa shape index (κ1) is 14.4. The molecule has 0 aliphatic heterocycles. The number of benzene rings is 3. The van der Waals surface area contributed by atoms with Gasteiger partial charge in [-0.3, -0.25) is 0 Å². The minimum atomic E-state index is 0. The van der Waals surface area contributed by atoms with Gasteiger partial charge < -0.3 is 0 Å². The molecule has 0 unspecified atom stereocenters. The minimum Gasteiger partial charge on any atom is -0.197 e. The molecule has 0 spiro atoms. The molecule has 0 aromatic heterocycles. The van der Waals surface area contributed by atoms with E-state index in [0.29, 0.717) is 0 Å². The lowest BCUT2D eigenvalue weighted by Crippen LogP contribution is -1.86. The third-order valence-corrected chi connectivity index (χ3v) is 3.34. The molecule has 3 aromatic rings. The quantitative estimate of drug-likeness (QED) is 0.585. The maximum Gasteiger partial charge on any atom is -0.0103 e. The number of hydrogen-bond acceptors (Lipinski definition) is 0. The van der Waals surface area contributed by atoms with Gasteiger partial charge in [0.15, 0.2) is 0 Å². The molecule has 0 bridgehead atoms. The average Bonchev–Trinajstić information content (AvgIpc) is 2.49. The smallest absolute Gasteiger partial charge is 0.0103 e. The lowest BCUT2D eigenvalue weighted by Gasteiger charge is -2.11. The molecule has 3 rings (SSSR count). The summed E-state index contributed by atoms with van der Waals surface area (Å²) in [7, 11) is 0. The van der Waals surface area contributed by atoms with E-state index in [4.69, 9.17) is 0 Å². The molecule has 20 heavy (non-hydrogen) atoms. The van der Waals surface area contributed by atoms with Crippen LogP contribution in [-0.2, 0) is 0 Å². The summed E-state index contributed by atoms with van der Waals surface area (Å²) < 4.78 is 0. The predicted octanol–water partition coefficient (Wildman–Crippen LogP) is 5.44. The van der Waals surface area contributed by atoms with Crippen molar-refractivity contribution >= 4 is 13.5 Å². The van der Waals surface area contributed by atoms with Crippen molar-refractivity contribution < 1.29 is 0 Å². The van der Waals surface area contributed by atoms with Gasteiger partial charge in [-0.15, -0.1) is 0 Å². The van der Waals surface area contributed by atoms with Gasteiger partial charge in [-0.05, 0) is 29.2 Å². The largest absolute Gasteiger partial charge is 0.197 e. The van der Waals surface area contributed by atoms with Gasteiger partial charge in [0.2, 0.25) is 0 Å². The summed E-state index contributed by atoms with van der Waals surface area (Å²) in [6, 6.07) is 27.8. The molecule has 0 N–H and O–H groups in total. The van der Waals surface area contributed by atoms with E-state index < -0.39 is 0 Å². The number of hydrogen-bond donors (Lipinski definition) is 0. The Kier molecular flexibility index (Phi) is 4.65. The van der Waals surface area contributed by atoms with E-state index in [0.717, 1.165) is 0 Å². The van der Waals surface area contributed by atoms with Crippen molar-refractivity contribution in [2.45, 2.75) is 6.92 Å². The van der Waals surface area contributed by atoms with E-state index in [1.807, 2.05) is 0 Å². The van der Waals surface area contributed by atoms with Crippen molar-refractivity contribution in [1.82, 2.24) is 0 Å². The molecule has 0 aliphatic carbocycles. The Morgan fingerprint density at radius 1 is 0.550 bits per heavy atom. The Bertz CT molecular complexity index is 673. The maximum absolute atomic E-state index is 2.26. The molecule has 1 heteroatoms. The summed E-state index contributed by atoms with van der Waals surface area (Å²) in [6.45, 7) is 2.14. The Morgan fingerprint density at radius 2 is 1.05 bits per heavy atom. The van der Waals surface area contributed by atoms with Crippen LogP contribution in [0.15, 0.2) is 78.9 Å². The van der Waals surface area contributed by atoms with E-state index in [9.17, 15) is 0 Å². The zero-order chi connectivity index (χ0) is 13.1. The summed E-state index contributed by atoms with van der Waals surface area (Å²) >= 11 is 0. The fraction of sp³-hybridized carbons (Fsp3) is 0.0526. The third kappa shape index (κ3) is 2.94. The molecule has 0 radical (unpaired) electrons. The third-order valence-electron chi connectivity index (χ3n) is 3.34. The maximum atomic E-state index is 2.26. The molecule has 0 amide bonds. The van der Waals surface area contributed by atoms with Crippen LogP contribution >= 0.6 is 13.5 Å². The van der Waals surface area contributed by atoms with E-state index in [1.165, 1.54) is 27.8 Å². The summed E-state index contributed by atoms with van der Waals surface area (Å²) in [5, 5.41) is 0. The van der Waals surface area contributed by atoms with Gasteiger partial charge in [-0.2, -0.15) is 13.5 Å². The van der Waals surface area contributed by atoms with Gasteiger partial charge in [-0.25, -0.2) is 0 Å². The van der Waals surface area contributed by atoms with Gasteiger partial charge in [0.25, 0.3) is 0 Å². The second-order valence-electron chi connectivity index (χ2n) is 4.78. The van der Waals surface area contributed by atoms with E-state index in [-0.39, 0.29) is 13.5 Å². The van der Waals surface area contributed by atoms with Crippen LogP contribution < -0.4 is 0 Å². The monoisotopic (exact) mass is 278 g/mol. The fourth-order valence-electron chi connectivity index (χ4n) is 2.38. The van der Waals surface area contributed by atoms with Gasteiger partial charge in [0, 0.05) is 0 Å². The van der Waals surface area contributed by atoms with Crippen LogP contribution in [0.2, 0.25) is 0 Å². The molecule has 0 saturated carbocycles. The highest BCUT2D eigenvalue weighted by atomic mass is 32.1. The van der Waals surface area contributed by atoms with Gasteiger partial charge in [-0.1, -0.05) is 84.4 Å². The number of aryl methyl sites for hydroxylation is 1. The van der Waals surface area contributed by atoms with Crippen LogP contribution in [0.3, 0.4) is 0 Å². The van der Waals surface area contributed by atoms with Crippen LogP contribution in [0.4, 0.5) is 0 Å². The van der Waals surface area contributed by atoms with Crippen LogP contribution in [0, 0.1) is 6.92 Å². The molecule has 0 atom stereocenters. The summed E-state index contributed by atoms with van der Waals surface area (Å²) in [4.78, 5) is 0. The predicted molar refractivity (Wildman–Crippen MR) is 92.4 cm³/mol. The first-order valence-corrected chi connectivity index (χ1v) is 6.56. The van der Waals surface area contributed by atoms with Crippen molar-refractivity contribution in [3.63, 3.8) is 0 Å². The fourth-order valence-corrected chi connectivity index (χ4v) is 2.38. The Labute approximate surface area is 127 Å². The molecular formula is C19H18S. The molecular weight excluding hydrogens is 260 g/mol. The van der Waals surface area contributed by atoms with Crippen molar-refractivity contribution in [2.75, 3.05) is 0 Å². The number of rotatable bonds is 2. The van der Waals surface area contributed by atoms with E-state index in [2.05, 4.69) is 85.8 Å². The van der Waals surface area contributed by atoms with Crippen LogP contribution in [0.5, 0.6) is 0 Å². The average molecular weight is 278 g/mol. The van der Waals surface area contributed by atoms with Crippen LogP contribution in [0.25, 0.3) is 22.3 Å². The van der Waals surface area contributed by atoms with Crippen molar-refractivity contribution in [2.24, 2.45) is 0 Å². The lowest BCUT2D eigenvalue weighted by molar-refractivity contribution is 1.46. The van der Waals surface area contributed by atoms with Crippen LogP contribution in [0.1, 0.15) is 5.56 Å². The van der Waals surface area contributed by atoms with Gasteiger partial charge in [0.05, 0.1) is 0 Å². The zero-order valence-corrected chi connectivity index (χ0v) is 12.5. The highest BCUT2D eigenvalue weighted by Gasteiger charge is 2.06. The van der Waals surface area contributed by atoms with Gasteiger partial charge >= 0.3 is 0 Å². The normalized spacial score (nSPS) is 9.85.